The molecular formula is C18H29N5O. The van der Waals surface area contributed by atoms with Crippen LogP contribution in [0.1, 0.15) is 49.3 Å². The van der Waals surface area contributed by atoms with E-state index >= 15 is 0 Å². The lowest BCUT2D eigenvalue weighted by atomic mass is 10.0. The number of nitrogens with zero attached hydrogens (tertiary/aromatic N) is 4. The first-order valence-electron chi connectivity index (χ1n) is 9.08. The molecule has 0 radical (unpaired) electrons. The lowest BCUT2D eigenvalue weighted by Crippen LogP contribution is -2.46. The molecule has 1 aromatic heterocycles. The van der Waals surface area contributed by atoms with Crippen molar-refractivity contribution in [3.8, 4) is 0 Å². The molecule has 1 aliphatic carbocycles. The van der Waals surface area contributed by atoms with E-state index in [-0.39, 0.29) is 11.9 Å². The zero-order chi connectivity index (χ0) is 17.3. The molecule has 24 heavy (non-hydrogen) atoms. The van der Waals surface area contributed by atoms with Crippen LogP contribution in [0.5, 0.6) is 0 Å². The van der Waals surface area contributed by atoms with Crippen molar-refractivity contribution >= 4 is 11.9 Å². The summed E-state index contributed by atoms with van der Waals surface area (Å²) in [5, 5.41) is 0. The number of nitrogens with two attached hydrogens (primary N) is 1. The number of rotatable bonds is 4. The fourth-order valence-electron chi connectivity index (χ4n) is 3.60. The number of hydrogen-bond donors (Lipinski definition) is 1. The molecule has 1 aliphatic heterocycles. The Labute approximate surface area is 144 Å². The summed E-state index contributed by atoms with van der Waals surface area (Å²) in [5.74, 6) is 1.54. The summed E-state index contributed by atoms with van der Waals surface area (Å²) in [6.45, 7) is 10.2. The van der Waals surface area contributed by atoms with Crippen molar-refractivity contribution in [3.63, 3.8) is 0 Å². The molecule has 1 aromatic rings. The van der Waals surface area contributed by atoms with Crippen LogP contribution in [-0.4, -0.2) is 57.9 Å². The Morgan fingerprint density at radius 1 is 1.33 bits per heavy atom. The topological polar surface area (TPSA) is 75.4 Å². The Bertz CT molecular complexity index is 579. The van der Waals surface area contributed by atoms with Crippen LogP contribution in [0.15, 0.2) is 6.07 Å². The van der Waals surface area contributed by atoms with Gasteiger partial charge in [-0.15, -0.1) is 0 Å². The van der Waals surface area contributed by atoms with Gasteiger partial charge in [0.25, 0.3) is 5.91 Å². The van der Waals surface area contributed by atoms with Gasteiger partial charge in [-0.05, 0) is 44.1 Å². The van der Waals surface area contributed by atoms with Gasteiger partial charge in [-0.25, -0.2) is 9.97 Å². The van der Waals surface area contributed by atoms with Crippen molar-refractivity contribution in [2.24, 2.45) is 11.8 Å². The maximum absolute atomic E-state index is 12.9. The third kappa shape index (κ3) is 4.04. The quantitative estimate of drug-likeness (QED) is 0.912. The van der Waals surface area contributed by atoms with Gasteiger partial charge in [0.2, 0.25) is 5.95 Å². The Morgan fingerprint density at radius 3 is 2.71 bits per heavy atom. The average molecular weight is 331 g/mol. The van der Waals surface area contributed by atoms with Crippen LogP contribution >= 0.6 is 0 Å². The van der Waals surface area contributed by atoms with Crippen LogP contribution in [0.4, 0.5) is 5.95 Å². The summed E-state index contributed by atoms with van der Waals surface area (Å²) in [6.07, 6.45) is 3.74. The summed E-state index contributed by atoms with van der Waals surface area (Å²) in [5.41, 5.74) is 6.86. The number of nitrogen functional groups attached to an aromatic ring is 1. The highest BCUT2D eigenvalue weighted by Crippen LogP contribution is 2.32. The number of amides is 1. The van der Waals surface area contributed by atoms with Gasteiger partial charge < -0.3 is 10.6 Å². The molecule has 1 saturated heterocycles. The molecule has 1 amide bonds. The molecule has 2 aliphatic rings. The van der Waals surface area contributed by atoms with Crippen molar-refractivity contribution in [1.29, 1.82) is 0 Å². The van der Waals surface area contributed by atoms with E-state index in [1.54, 1.807) is 6.07 Å². The molecule has 0 spiro atoms. The van der Waals surface area contributed by atoms with Gasteiger partial charge in [0.15, 0.2) is 0 Å². The Balaban J connectivity index is 1.76. The molecule has 0 bridgehead atoms. The normalized spacial score (nSPS) is 22.7. The smallest absolute Gasteiger partial charge is 0.272 e. The SMILES string of the molecule is Cc1cc(C(=O)N2CCCN(CC3CC3)[C@@H](C(C)C)C2)nc(N)n1. The minimum Gasteiger partial charge on any atom is -0.368 e. The number of anilines is 1. The molecule has 132 valence electrons. The van der Waals surface area contributed by atoms with E-state index in [1.165, 1.54) is 19.4 Å². The highest BCUT2D eigenvalue weighted by atomic mass is 16.2. The molecule has 6 heteroatoms. The molecule has 2 fully saturated rings. The van der Waals surface area contributed by atoms with E-state index in [2.05, 4.69) is 28.7 Å². The minimum atomic E-state index is -0.0221. The van der Waals surface area contributed by atoms with Crippen molar-refractivity contribution in [2.45, 2.75) is 46.1 Å². The number of hydrogen-bond acceptors (Lipinski definition) is 5. The van der Waals surface area contributed by atoms with Gasteiger partial charge in [-0.1, -0.05) is 13.8 Å². The van der Waals surface area contributed by atoms with Crippen LogP contribution in [0.3, 0.4) is 0 Å². The average Bonchev–Trinajstić information content (AvgIpc) is 3.33. The number of carbonyl (C=O) groups excluding carboxylic acids is 1. The third-order valence-corrected chi connectivity index (χ3v) is 5.09. The molecule has 2 heterocycles. The van der Waals surface area contributed by atoms with Crippen LogP contribution < -0.4 is 5.73 Å². The van der Waals surface area contributed by atoms with Crippen LogP contribution in [0.25, 0.3) is 0 Å². The summed E-state index contributed by atoms with van der Waals surface area (Å²) < 4.78 is 0. The monoisotopic (exact) mass is 331 g/mol. The van der Waals surface area contributed by atoms with E-state index in [0.717, 1.165) is 37.7 Å². The van der Waals surface area contributed by atoms with Gasteiger partial charge in [0.1, 0.15) is 5.69 Å². The predicted molar refractivity (Wildman–Crippen MR) is 94.6 cm³/mol. The maximum atomic E-state index is 12.9. The number of aryl methyl sites for hydroxylation is 1. The predicted octanol–water partition coefficient (Wildman–Crippen LogP) is 1.95. The molecule has 3 rings (SSSR count). The first-order chi connectivity index (χ1) is 11.4. The fraction of sp³-hybridized carbons (Fsp3) is 0.722. The van der Waals surface area contributed by atoms with Gasteiger partial charge in [0, 0.05) is 37.9 Å². The molecule has 2 N–H and O–H groups in total. The van der Waals surface area contributed by atoms with Crippen LogP contribution in [0, 0.1) is 18.8 Å². The van der Waals surface area contributed by atoms with Crippen molar-refractivity contribution < 1.29 is 4.79 Å². The lowest BCUT2D eigenvalue weighted by molar-refractivity contribution is 0.0698. The summed E-state index contributed by atoms with van der Waals surface area (Å²) in [6, 6.07) is 2.15. The van der Waals surface area contributed by atoms with E-state index in [0.29, 0.717) is 17.7 Å². The first kappa shape index (κ1) is 17.1. The molecule has 0 unspecified atom stereocenters. The Hall–Kier alpha value is -1.69. The second kappa shape index (κ2) is 7.05. The molecule has 1 atom stereocenters. The summed E-state index contributed by atoms with van der Waals surface area (Å²) >= 11 is 0. The molecule has 6 nitrogen and oxygen atoms in total. The van der Waals surface area contributed by atoms with E-state index in [1.807, 2.05) is 11.8 Å². The molecule has 1 saturated carbocycles. The van der Waals surface area contributed by atoms with E-state index < -0.39 is 0 Å². The van der Waals surface area contributed by atoms with Gasteiger partial charge in [0.05, 0.1) is 0 Å². The summed E-state index contributed by atoms with van der Waals surface area (Å²) in [4.78, 5) is 25.7. The van der Waals surface area contributed by atoms with Gasteiger partial charge in [-0.3, -0.25) is 9.69 Å². The fourth-order valence-corrected chi connectivity index (χ4v) is 3.60. The summed E-state index contributed by atoms with van der Waals surface area (Å²) in [7, 11) is 0. The molecular weight excluding hydrogens is 302 g/mol. The Kier molecular flexibility index (Phi) is 5.04. The van der Waals surface area contributed by atoms with Crippen molar-refractivity contribution in [3.05, 3.63) is 17.5 Å². The third-order valence-electron chi connectivity index (χ3n) is 5.09. The van der Waals surface area contributed by atoms with Crippen molar-refractivity contribution in [2.75, 3.05) is 31.9 Å². The van der Waals surface area contributed by atoms with E-state index in [4.69, 9.17) is 5.73 Å². The zero-order valence-corrected chi connectivity index (χ0v) is 15.0. The van der Waals surface area contributed by atoms with Crippen LogP contribution in [0.2, 0.25) is 0 Å². The second-order valence-corrected chi connectivity index (χ2v) is 7.61. The maximum Gasteiger partial charge on any atom is 0.272 e. The largest absolute Gasteiger partial charge is 0.368 e. The standard InChI is InChI=1S/C18H29N5O/c1-12(2)16-11-23(8-4-7-22(16)10-14-5-6-14)17(24)15-9-13(3)20-18(19)21-15/h9,12,14,16H,4-8,10-11H2,1-3H3,(H2,19,20,21)/t16-/m1/s1. The van der Waals surface area contributed by atoms with Gasteiger partial charge in [-0.2, -0.15) is 0 Å². The highest BCUT2D eigenvalue weighted by Gasteiger charge is 2.33. The zero-order valence-electron chi connectivity index (χ0n) is 15.0. The first-order valence-corrected chi connectivity index (χ1v) is 9.08. The Morgan fingerprint density at radius 2 is 2.08 bits per heavy atom. The van der Waals surface area contributed by atoms with Crippen LogP contribution in [-0.2, 0) is 0 Å². The van der Waals surface area contributed by atoms with Crippen molar-refractivity contribution in [1.82, 2.24) is 19.8 Å². The number of carbonyl (C=O) groups is 1. The second-order valence-electron chi connectivity index (χ2n) is 7.61. The van der Waals surface area contributed by atoms with E-state index in [9.17, 15) is 4.79 Å². The minimum absolute atomic E-state index is 0.0221. The lowest BCUT2D eigenvalue weighted by Gasteiger charge is -2.34. The van der Waals surface area contributed by atoms with Gasteiger partial charge >= 0.3 is 0 Å². The number of aromatic nitrogens is 2. The highest BCUT2D eigenvalue weighted by molar-refractivity contribution is 5.92. The molecule has 0 aromatic carbocycles.